The van der Waals surface area contributed by atoms with Gasteiger partial charge in [0.1, 0.15) is 0 Å². The lowest BCUT2D eigenvalue weighted by molar-refractivity contribution is 0.523. The molecule has 0 fully saturated rings. The standard InChI is InChI=1S/C14H21N3/c1-4-16-10-12(2)11-17(3)14-7-5-13(9-15)6-8-14/h5-8,12,16H,4,10-11H2,1-3H3. The van der Waals surface area contributed by atoms with Crippen LogP contribution in [-0.2, 0) is 0 Å². The molecule has 1 N–H and O–H groups in total. The zero-order chi connectivity index (χ0) is 12.7. The molecule has 0 amide bonds. The van der Waals surface area contributed by atoms with Crippen molar-refractivity contribution in [2.75, 3.05) is 31.6 Å². The van der Waals surface area contributed by atoms with Crippen molar-refractivity contribution in [3.8, 4) is 6.07 Å². The maximum atomic E-state index is 8.74. The molecule has 1 aromatic rings. The van der Waals surface area contributed by atoms with Gasteiger partial charge >= 0.3 is 0 Å². The first kappa shape index (κ1) is 13.5. The third kappa shape index (κ3) is 4.46. The number of nitriles is 1. The molecule has 0 aromatic heterocycles. The highest BCUT2D eigenvalue weighted by atomic mass is 15.1. The van der Waals surface area contributed by atoms with E-state index in [9.17, 15) is 0 Å². The second-order valence-corrected chi connectivity index (χ2v) is 4.45. The van der Waals surface area contributed by atoms with Crippen LogP contribution in [-0.4, -0.2) is 26.7 Å². The predicted molar refractivity (Wildman–Crippen MR) is 72.1 cm³/mol. The molecular formula is C14H21N3. The minimum atomic E-state index is 0.607. The van der Waals surface area contributed by atoms with Gasteiger partial charge in [-0.25, -0.2) is 0 Å². The van der Waals surface area contributed by atoms with E-state index in [-0.39, 0.29) is 0 Å². The smallest absolute Gasteiger partial charge is 0.0991 e. The summed E-state index contributed by atoms with van der Waals surface area (Å²) in [6, 6.07) is 9.85. The van der Waals surface area contributed by atoms with E-state index in [0.717, 1.165) is 25.3 Å². The minimum Gasteiger partial charge on any atom is -0.374 e. The number of hydrogen-bond acceptors (Lipinski definition) is 3. The highest BCUT2D eigenvalue weighted by Gasteiger charge is 2.06. The fraction of sp³-hybridized carbons (Fsp3) is 0.500. The molecular weight excluding hydrogens is 210 g/mol. The summed E-state index contributed by atoms with van der Waals surface area (Å²) in [5.41, 5.74) is 1.87. The van der Waals surface area contributed by atoms with Crippen molar-refractivity contribution < 1.29 is 0 Å². The molecule has 1 atom stereocenters. The third-order valence-corrected chi connectivity index (χ3v) is 2.77. The van der Waals surface area contributed by atoms with Crippen LogP contribution in [0.4, 0.5) is 5.69 Å². The van der Waals surface area contributed by atoms with Gasteiger partial charge in [0.15, 0.2) is 0 Å². The van der Waals surface area contributed by atoms with Crippen LogP contribution in [0.1, 0.15) is 19.4 Å². The van der Waals surface area contributed by atoms with Gasteiger partial charge in [0, 0.05) is 19.3 Å². The van der Waals surface area contributed by atoms with Crippen molar-refractivity contribution in [2.45, 2.75) is 13.8 Å². The van der Waals surface area contributed by atoms with Gasteiger partial charge in [-0.1, -0.05) is 13.8 Å². The summed E-state index contributed by atoms with van der Waals surface area (Å²) in [5, 5.41) is 12.1. The van der Waals surface area contributed by atoms with Gasteiger partial charge < -0.3 is 10.2 Å². The second kappa shape index (κ2) is 6.93. The lowest BCUT2D eigenvalue weighted by Crippen LogP contribution is -2.30. The number of rotatable bonds is 6. The number of nitrogens with one attached hydrogen (secondary N) is 1. The predicted octanol–water partition coefficient (Wildman–Crippen LogP) is 2.24. The Morgan fingerprint density at radius 3 is 2.53 bits per heavy atom. The van der Waals surface area contributed by atoms with Crippen LogP contribution in [0, 0.1) is 17.2 Å². The Labute approximate surface area is 104 Å². The molecule has 3 nitrogen and oxygen atoms in total. The van der Waals surface area contributed by atoms with Crippen LogP contribution in [0.25, 0.3) is 0 Å². The number of hydrogen-bond donors (Lipinski definition) is 1. The van der Waals surface area contributed by atoms with Crippen LogP contribution in [0.15, 0.2) is 24.3 Å². The fourth-order valence-electron chi connectivity index (χ4n) is 1.82. The highest BCUT2D eigenvalue weighted by Crippen LogP contribution is 2.14. The number of benzene rings is 1. The molecule has 1 rings (SSSR count). The minimum absolute atomic E-state index is 0.607. The third-order valence-electron chi connectivity index (χ3n) is 2.77. The molecule has 1 aromatic carbocycles. The van der Waals surface area contributed by atoms with Crippen molar-refractivity contribution in [3.05, 3.63) is 29.8 Å². The van der Waals surface area contributed by atoms with Crippen LogP contribution in [0.5, 0.6) is 0 Å². The molecule has 0 radical (unpaired) electrons. The van der Waals surface area contributed by atoms with Crippen molar-refractivity contribution in [3.63, 3.8) is 0 Å². The summed E-state index contributed by atoms with van der Waals surface area (Å²) < 4.78 is 0. The Balaban J connectivity index is 2.51. The van der Waals surface area contributed by atoms with Crippen LogP contribution in [0.3, 0.4) is 0 Å². The molecule has 17 heavy (non-hydrogen) atoms. The van der Waals surface area contributed by atoms with E-state index in [1.54, 1.807) is 0 Å². The van der Waals surface area contributed by atoms with Gasteiger partial charge in [-0.05, 0) is 43.3 Å². The van der Waals surface area contributed by atoms with Crippen LogP contribution in [0.2, 0.25) is 0 Å². The molecule has 0 aliphatic carbocycles. The van der Waals surface area contributed by atoms with Crippen molar-refractivity contribution >= 4 is 5.69 Å². The van der Waals surface area contributed by atoms with Crippen LogP contribution < -0.4 is 10.2 Å². The molecule has 0 heterocycles. The molecule has 92 valence electrons. The SMILES string of the molecule is CCNCC(C)CN(C)c1ccc(C#N)cc1. The highest BCUT2D eigenvalue weighted by molar-refractivity contribution is 5.49. The van der Waals surface area contributed by atoms with E-state index in [4.69, 9.17) is 5.26 Å². The Morgan fingerprint density at radius 2 is 2.00 bits per heavy atom. The molecule has 3 heteroatoms. The summed E-state index contributed by atoms with van der Waals surface area (Å²) >= 11 is 0. The van der Waals surface area contributed by atoms with E-state index >= 15 is 0 Å². The Hall–Kier alpha value is -1.53. The van der Waals surface area contributed by atoms with E-state index < -0.39 is 0 Å². The molecule has 0 saturated carbocycles. The molecule has 0 bridgehead atoms. The number of anilines is 1. The van der Waals surface area contributed by atoms with Gasteiger partial charge in [-0.2, -0.15) is 5.26 Å². The largest absolute Gasteiger partial charge is 0.374 e. The summed E-state index contributed by atoms with van der Waals surface area (Å²) in [7, 11) is 2.09. The van der Waals surface area contributed by atoms with Gasteiger partial charge in [0.05, 0.1) is 11.6 Å². The summed E-state index contributed by atoms with van der Waals surface area (Å²) in [6.45, 7) is 7.43. The first-order valence-corrected chi connectivity index (χ1v) is 6.09. The summed E-state index contributed by atoms with van der Waals surface area (Å²) in [5.74, 6) is 0.607. The van der Waals surface area contributed by atoms with Gasteiger partial charge in [0.25, 0.3) is 0 Å². The van der Waals surface area contributed by atoms with Gasteiger partial charge in [0.2, 0.25) is 0 Å². The van der Waals surface area contributed by atoms with Crippen LogP contribution >= 0.6 is 0 Å². The molecule has 0 aliphatic rings. The number of nitrogens with zero attached hydrogens (tertiary/aromatic N) is 2. The van der Waals surface area contributed by atoms with Gasteiger partial charge in [-0.15, -0.1) is 0 Å². The molecule has 1 unspecified atom stereocenters. The maximum absolute atomic E-state index is 8.74. The molecule has 0 spiro atoms. The fourth-order valence-corrected chi connectivity index (χ4v) is 1.82. The van der Waals surface area contributed by atoms with Gasteiger partial charge in [-0.3, -0.25) is 0 Å². The van der Waals surface area contributed by atoms with E-state index in [1.165, 1.54) is 0 Å². The average molecular weight is 231 g/mol. The quantitative estimate of drug-likeness (QED) is 0.816. The van der Waals surface area contributed by atoms with Crippen molar-refractivity contribution in [1.82, 2.24) is 5.32 Å². The Bertz CT molecular complexity index is 364. The van der Waals surface area contributed by atoms with E-state index in [2.05, 4.69) is 37.2 Å². The lowest BCUT2D eigenvalue weighted by Gasteiger charge is -2.23. The topological polar surface area (TPSA) is 39.1 Å². The summed E-state index contributed by atoms with van der Waals surface area (Å²) in [6.07, 6.45) is 0. The molecule has 0 saturated heterocycles. The van der Waals surface area contributed by atoms with Crippen molar-refractivity contribution in [1.29, 1.82) is 5.26 Å². The normalized spacial score (nSPS) is 11.9. The monoisotopic (exact) mass is 231 g/mol. The first-order chi connectivity index (χ1) is 8.17. The Morgan fingerprint density at radius 1 is 1.35 bits per heavy atom. The maximum Gasteiger partial charge on any atom is 0.0991 e. The average Bonchev–Trinajstić information content (AvgIpc) is 2.36. The van der Waals surface area contributed by atoms with E-state index in [1.807, 2.05) is 24.3 Å². The first-order valence-electron chi connectivity index (χ1n) is 6.09. The zero-order valence-electron chi connectivity index (χ0n) is 10.9. The second-order valence-electron chi connectivity index (χ2n) is 4.45. The lowest BCUT2D eigenvalue weighted by atomic mass is 10.1. The zero-order valence-corrected chi connectivity index (χ0v) is 10.9. The molecule has 0 aliphatic heterocycles. The summed E-state index contributed by atoms with van der Waals surface area (Å²) in [4.78, 5) is 2.23. The van der Waals surface area contributed by atoms with Crippen molar-refractivity contribution in [2.24, 2.45) is 5.92 Å². The Kier molecular flexibility index (Phi) is 5.51. The van der Waals surface area contributed by atoms with E-state index in [0.29, 0.717) is 11.5 Å².